The molecule has 0 aliphatic rings. The fraction of sp³-hybridized carbons (Fsp3) is 0.200. The van der Waals surface area contributed by atoms with E-state index in [1.807, 2.05) is 31.2 Å². The van der Waals surface area contributed by atoms with Gasteiger partial charge in [0, 0.05) is 11.6 Å². The molecule has 1 unspecified atom stereocenters. The molecule has 0 fully saturated rings. The van der Waals surface area contributed by atoms with Gasteiger partial charge in [-0.1, -0.05) is 29.8 Å². The van der Waals surface area contributed by atoms with Crippen LogP contribution in [0.25, 0.3) is 0 Å². The third-order valence-corrected chi connectivity index (χ3v) is 3.65. The van der Waals surface area contributed by atoms with Gasteiger partial charge >= 0.3 is 0 Å². The number of hydrogen-bond acceptors (Lipinski definition) is 2. The Morgan fingerprint density at radius 3 is 2.42 bits per heavy atom. The molecule has 19 heavy (non-hydrogen) atoms. The van der Waals surface area contributed by atoms with Crippen LogP contribution in [0.4, 0.5) is 4.39 Å². The molecule has 2 nitrogen and oxygen atoms in total. The molecule has 100 valence electrons. The number of hydrogen-bond donors (Lipinski definition) is 1. The van der Waals surface area contributed by atoms with Crippen LogP contribution in [0.1, 0.15) is 22.7 Å². The van der Waals surface area contributed by atoms with Gasteiger partial charge in [0.2, 0.25) is 0 Å². The normalized spacial score (nSPS) is 12.3. The molecule has 0 aromatic heterocycles. The van der Waals surface area contributed by atoms with Crippen molar-refractivity contribution in [2.24, 2.45) is 5.73 Å². The SMILES string of the molecule is COc1cc(F)c(Br)cc1C(N)c1ccc(C)cc1. The van der Waals surface area contributed by atoms with Crippen molar-refractivity contribution in [1.29, 1.82) is 0 Å². The lowest BCUT2D eigenvalue weighted by Crippen LogP contribution is -2.13. The van der Waals surface area contributed by atoms with Crippen LogP contribution in [-0.2, 0) is 0 Å². The summed E-state index contributed by atoms with van der Waals surface area (Å²) in [6, 6.07) is 10.6. The predicted octanol–water partition coefficient (Wildman–Crippen LogP) is 3.95. The molecule has 0 spiro atoms. The van der Waals surface area contributed by atoms with Gasteiger partial charge in [-0.05, 0) is 34.5 Å². The molecule has 2 rings (SSSR count). The van der Waals surface area contributed by atoms with Crippen molar-refractivity contribution in [2.75, 3.05) is 7.11 Å². The minimum absolute atomic E-state index is 0.354. The van der Waals surface area contributed by atoms with Crippen LogP contribution < -0.4 is 10.5 Å². The van der Waals surface area contributed by atoms with E-state index in [-0.39, 0.29) is 11.9 Å². The monoisotopic (exact) mass is 323 g/mol. The molecule has 0 heterocycles. The van der Waals surface area contributed by atoms with E-state index in [0.717, 1.165) is 11.1 Å². The highest BCUT2D eigenvalue weighted by Crippen LogP contribution is 2.32. The van der Waals surface area contributed by atoms with Crippen LogP contribution in [-0.4, -0.2) is 7.11 Å². The first-order chi connectivity index (χ1) is 9.02. The number of halogens is 2. The number of aryl methyl sites for hydroxylation is 1. The summed E-state index contributed by atoms with van der Waals surface area (Å²) < 4.78 is 19.1. The van der Waals surface area contributed by atoms with Crippen molar-refractivity contribution in [3.63, 3.8) is 0 Å². The lowest BCUT2D eigenvalue weighted by Gasteiger charge is -2.17. The summed E-state index contributed by atoms with van der Waals surface area (Å²) in [7, 11) is 1.51. The molecule has 2 aromatic rings. The summed E-state index contributed by atoms with van der Waals surface area (Å²) in [6.07, 6.45) is 0. The highest BCUT2D eigenvalue weighted by atomic mass is 79.9. The number of nitrogens with two attached hydrogens (primary N) is 1. The zero-order chi connectivity index (χ0) is 14.0. The Morgan fingerprint density at radius 1 is 1.21 bits per heavy atom. The fourth-order valence-corrected chi connectivity index (χ4v) is 2.28. The summed E-state index contributed by atoms with van der Waals surface area (Å²) in [5, 5.41) is 0. The van der Waals surface area contributed by atoms with Crippen LogP contribution in [0.3, 0.4) is 0 Å². The topological polar surface area (TPSA) is 35.2 Å². The van der Waals surface area contributed by atoms with Crippen molar-refractivity contribution in [2.45, 2.75) is 13.0 Å². The number of rotatable bonds is 3. The molecule has 0 radical (unpaired) electrons. The molecule has 0 aliphatic heterocycles. The second kappa shape index (κ2) is 5.72. The molecule has 1 atom stereocenters. The fourth-order valence-electron chi connectivity index (χ4n) is 1.92. The predicted molar refractivity (Wildman–Crippen MR) is 77.9 cm³/mol. The quantitative estimate of drug-likeness (QED) is 0.928. The Bertz CT molecular complexity index is 583. The van der Waals surface area contributed by atoms with Gasteiger partial charge < -0.3 is 10.5 Å². The van der Waals surface area contributed by atoms with Crippen molar-refractivity contribution >= 4 is 15.9 Å². The van der Waals surface area contributed by atoms with Gasteiger partial charge in [-0.25, -0.2) is 4.39 Å². The molecule has 0 amide bonds. The first-order valence-electron chi connectivity index (χ1n) is 5.88. The lowest BCUT2D eigenvalue weighted by atomic mass is 9.98. The van der Waals surface area contributed by atoms with E-state index in [2.05, 4.69) is 15.9 Å². The molecule has 2 N–H and O–H groups in total. The molecule has 0 bridgehead atoms. The summed E-state index contributed by atoms with van der Waals surface area (Å²) >= 11 is 3.18. The largest absolute Gasteiger partial charge is 0.496 e. The number of methoxy groups -OCH3 is 1. The minimum Gasteiger partial charge on any atom is -0.496 e. The zero-order valence-electron chi connectivity index (χ0n) is 10.8. The first kappa shape index (κ1) is 14.0. The summed E-state index contributed by atoms with van der Waals surface area (Å²) in [6.45, 7) is 2.02. The van der Waals surface area contributed by atoms with Crippen molar-refractivity contribution < 1.29 is 9.13 Å². The van der Waals surface area contributed by atoms with Gasteiger partial charge in [0.25, 0.3) is 0 Å². The van der Waals surface area contributed by atoms with E-state index >= 15 is 0 Å². The summed E-state index contributed by atoms with van der Waals surface area (Å²) in [5.74, 6) is 0.0884. The molecule has 0 aliphatic carbocycles. The molecular weight excluding hydrogens is 309 g/mol. The standard InChI is InChI=1S/C15H15BrFNO/c1-9-3-5-10(6-4-9)15(18)11-7-12(16)13(17)8-14(11)19-2/h3-8,15H,18H2,1-2H3. The third-order valence-electron chi connectivity index (χ3n) is 3.04. The summed E-state index contributed by atoms with van der Waals surface area (Å²) in [4.78, 5) is 0. The van der Waals surface area contributed by atoms with Gasteiger partial charge in [0.15, 0.2) is 0 Å². The van der Waals surface area contributed by atoms with Crippen LogP contribution in [0.2, 0.25) is 0 Å². The van der Waals surface area contributed by atoms with Gasteiger partial charge in [0.1, 0.15) is 11.6 Å². The zero-order valence-corrected chi connectivity index (χ0v) is 12.4. The highest BCUT2D eigenvalue weighted by Gasteiger charge is 2.16. The second-order valence-corrected chi connectivity index (χ2v) is 5.25. The average Bonchev–Trinajstić information content (AvgIpc) is 2.41. The lowest BCUT2D eigenvalue weighted by molar-refractivity contribution is 0.404. The molecule has 0 saturated carbocycles. The van der Waals surface area contributed by atoms with Crippen LogP contribution in [0.5, 0.6) is 5.75 Å². The maximum atomic E-state index is 13.5. The second-order valence-electron chi connectivity index (χ2n) is 4.40. The average molecular weight is 324 g/mol. The third kappa shape index (κ3) is 2.96. The molecule has 2 aromatic carbocycles. The maximum absolute atomic E-state index is 13.5. The van der Waals surface area contributed by atoms with Crippen molar-refractivity contribution in [1.82, 2.24) is 0 Å². The number of benzene rings is 2. The van der Waals surface area contributed by atoms with Gasteiger partial charge in [-0.3, -0.25) is 0 Å². The number of ether oxygens (including phenoxy) is 1. The van der Waals surface area contributed by atoms with E-state index in [1.165, 1.54) is 18.7 Å². The molecular formula is C15H15BrFNO. The van der Waals surface area contributed by atoms with E-state index < -0.39 is 0 Å². The van der Waals surface area contributed by atoms with Crippen LogP contribution >= 0.6 is 15.9 Å². The highest BCUT2D eigenvalue weighted by molar-refractivity contribution is 9.10. The van der Waals surface area contributed by atoms with Gasteiger partial charge in [0.05, 0.1) is 17.6 Å². The van der Waals surface area contributed by atoms with Gasteiger partial charge in [-0.2, -0.15) is 0 Å². The Hall–Kier alpha value is -1.39. The Labute approximate surface area is 120 Å². The van der Waals surface area contributed by atoms with Crippen molar-refractivity contribution in [3.8, 4) is 5.75 Å². The van der Waals surface area contributed by atoms with Crippen LogP contribution in [0.15, 0.2) is 40.9 Å². The molecule has 4 heteroatoms. The van der Waals surface area contributed by atoms with E-state index in [4.69, 9.17) is 10.5 Å². The Balaban J connectivity index is 2.45. The van der Waals surface area contributed by atoms with E-state index in [0.29, 0.717) is 10.2 Å². The Morgan fingerprint density at radius 2 is 1.84 bits per heavy atom. The summed E-state index contributed by atoms with van der Waals surface area (Å²) in [5.41, 5.74) is 9.12. The van der Waals surface area contributed by atoms with Crippen LogP contribution in [0, 0.1) is 12.7 Å². The smallest absolute Gasteiger partial charge is 0.141 e. The van der Waals surface area contributed by atoms with Gasteiger partial charge in [-0.15, -0.1) is 0 Å². The van der Waals surface area contributed by atoms with Crippen molar-refractivity contribution in [3.05, 3.63) is 63.4 Å². The molecule has 0 saturated heterocycles. The van der Waals surface area contributed by atoms with E-state index in [9.17, 15) is 4.39 Å². The Kier molecular flexibility index (Phi) is 4.22. The minimum atomic E-state index is -0.364. The first-order valence-corrected chi connectivity index (χ1v) is 6.67. The van der Waals surface area contributed by atoms with E-state index in [1.54, 1.807) is 6.07 Å². The maximum Gasteiger partial charge on any atom is 0.141 e.